The van der Waals surface area contributed by atoms with Crippen molar-refractivity contribution in [2.24, 2.45) is 5.73 Å². The Morgan fingerprint density at radius 2 is 1.89 bits per heavy atom. The minimum Gasteiger partial charge on any atom is -0.366 e. The van der Waals surface area contributed by atoms with Crippen molar-refractivity contribution in [2.75, 3.05) is 0 Å². The average Bonchev–Trinajstić information content (AvgIpc) is 2.38. The Hall–Kier alpha value is -2.87. The molecule has 1 amide bonds. The van der Waals surface area contributed by atoms with Crippen LogP contribution >= 0.6 is 0 Å². The van der Waals surface area contributed by atoms with E-state index in [0.717, 1.165) is 0 Å². The third-order valence-corrected chi connectivity index (χ3v) is 2.88. The lowest BCUT2D eigenvalue weighted by Gasteiger charge is -2.09. The number of carbonyl (C=O) groups is 1. The van der Waals surface area contributed by atoms with Crippen LogP contribution in [-0.4, -0.2) is 10.8 Å². The molecule has 0 aromatic heterocycles. The summed E-state index contributed by atoms with van der Waals surface area (Å²) in [6, 6.07) is 8.53. The van der Waals surface area contributed by atoms with Gasteiger partial charge in [-0.1, -0.05) is 30.3 Å². The third-order valence-electron chi connectivity index (χ3n) is 2.88. The number of carbonyl (C=O) groups excluding carboxylic acids is 1. The lowest BCUT2D eigenvalue weighted by molar-refractivity contribution is -0.512. The zero-order chi connectivity index (χ0) is 14.0. The molecule has 94 valence electrons. The molecule has 0 heterocycles. The number of terminal acetylenes is 1. The number of hydrogen-bond acceptors (Lipinski definition) is 3. The van der Waals surface area contributed by atoms with E-state index in [4.69, 9.17) is 12.2 Å². The molecule has 5 heteroatoms. The van der Waals surface area contributed by atoms with Crippen LogP contribution in [0.1, 0.15) is 22.0 Å². The Bertz CT molecular complexity index is 716. The number of nitro groups is 1. The van der Waals surface area contributed by atoms with Gasteiger partial charge < -0.3 is 5.73 Å². The second-order valence-electron chi connectivity index (χ2n) is 3.97. The number of nitrogens with zero attached hydrogens (tertiary/aromatic N) is 1. The molecule has 0 fully saturated rings. The number of rotatable bonds is 3. The second-order valence-corrected chi connectivity index (χ2v) is 3.97. The van der Waals surface area contributed by atoms with E-state index in [-0.39, 0.29) is 0 Å². The lowest BCUT2D eigenvalue weighted by Crippen LogP contribution is -2.12. The van der Waals surface area contributed by atoms with Crippen molar-refractivity contribution in [1.82, 2.24) is 0 Å². The first-order valence-electron chi connectivity index (χ1n) is 5.47. The number of fused-ring (bicyclic) bond motifs is 1. The molecule has 0 bridgehead atoms. The van der Waals surface area contributed by atoms with Crippen LogP contribution in [0.25, 0.3) is 10.8 Å². The minimum absolute atomic E-state index is 0.318. The molecule has 19 heavy (non-hydrogen) atoms. The van der Waals surface area contributed by atoms with Crippen LogP contribution in [0.4, 0.5) is 0 Å². The van der Waals surface area contributed by atoms with Gasteiger partial charge in [-0.2, -0.15) is 0 Å². The molecule has 2 N–H and O–H groups in total. The van der Waals surface area contributed by atoms with Crippen LogP contribution in [0.2, 0.25) is 0 Å². The highest BCUT2D eigenvalue weighted by atomic mass is 16.6. The largest absolute Gasteiger partial charge is 0.366 e. The van der Waals surface area contributed by atoms with Gasteiger partial charge in [-0.3, -0.25) is 14.9 Å². The molecule has 5 nitrogen and oxygen atoms in total. The van der Waals surface area contributed by atoms with Gasteiger partial charge in [0.15, 0.2) is 0 Å². The van der Waals surface area contributed by atoms with Crippen LogP contribution in [0.3, 0.4) is 0 Å². The summed E-state index contributed by atoms with van der Waals surface area (Å²) in [5.41, 5.74) is 5.99. The van der Waals surface area contributed by atoms with E-state index in [1.807, 2.05) is 0 Å². The Morgan fingerprint density at radius 1 is 1.26 bits per heavy atom. The number of hydrogen-bond donors (Lipinski definition) is 1. The van der Waals surface area contributed by atoms with Gasteiger partial charge in [0, 0.05) is 16.1 Å². The molecule has 2 aromatic carbocycles. The maximum Gasteiger partial charge on any atom is 0.298 e. The summed E-state index contributed by atoms with van der Waals surface area (Å²) in [4.78, 5) is 21.8. The third kappa shape index (κ3) is 2.11. The van der Waals surface area contributed by atoms with Crippen molar-refractivity contribution < 1.29 is 9.72 Å². The van der Waals surface area contributed by atoms with E-state index in [0.29, 0.717) is 21.9 Å². The van der Waals surface area contributed by atoms with E-state index in [1.165, 1.54) is 0 Å². The molecule has 0 spiro atoms. The maximum atomic E-state index is 11.3. The van der Waals surface area contributed by atoms with Gasteiger partial charge in [0.1, 0.15) is 0 Å². The molecule has 2 aromatic rings. The maximum absolute atomic E-state index is 11.3. The quantitative estimate of drug-likeness (QED) is 0.515. The standard InChI is InChI=1S/C14H10N2O3/c1-2-13(16(18)19)11-7-3-6-10-9(11)5-4-8-12(10)14(15)17/h1,3-8,13H,(H2,15,17). The van der Waals surface area contributed by atoms with Crippen molar-refractivity contribution in [3.05, 3.63) is 57.6 Å². The molecule has 0 saturated carbocycles. The zero-order valence-electron chi connectivity index (χ0n) is 9.87. The van der Waals surface area contributed by atoms with E-state index in [9.17, 15) is 14.9 Å². The van der Waals surface area contributed by atoms with Gasteiger partial charge in [0.05, 0.1) is 0 Å². The minimum atomic E-state index is -1.24. The van der Waals surface area contributed by atoms with E-state index >= 15 is 0 Å². The highest BCUT2D eigenvalue weighted by Crippen LogP contribution is 2.27. The molecule has 0 aliphatic carbocycles. The zero-order valence-corrected chi connectivity index (χ0v) is 9.87. The Morgan fingerprint density at radius 3 is 2.47 bits per heavy atom. The number of primary amides is 1. The number of amides is 1. The van der Waals surface area contributed by atoms with Crippen LogP contribution in [0, 0.1) is 22.5 Å². The molecule has 0 radical (unpaired) electrons. The van der Waals surface area contributed by atoms with Crippen LogP contribution < -0.4 is 5.73 Å². The fraction of sp³-hybridized carbons (Fsp3) is 0.0714. The molecule has 0 aliphatic rings. The summed E-state index contributed by atoms with van der Waals surface area (Å²) >= 11 is 0. The molecule has 2 rings (SSSR count). The van der Waals surface area contributed by atoms with Crippen molar-refractivity contribution in [1.29, 1.82) is 0 Å². The molecule has 1 atom stereocenters. The Balaban J connectivity index is 2.79. The predicted octanol–water partition coefficient (Wildman–Crippen LogP) is 1.89. The molecular formula is C14H10N2O3. The average molecular weight is 254 g/mol. The van der Waals surface area contributed by atoms with Gasteiger partial charge in [-0.05, 0) is 22.8 Å². The van der Waals surface area contributed by atoms with Crippen LogP contribution in [-0.2, 0) is 0 Å². The normalized spacial score (nSPS) is 11.7. The van der Waals surface area contributed by atoms with Crippen LogP contribution in [0.5, 0.6) is 0 Å². The highest BCUT2D eigenvalue weighted by Gasteiger charge is 2.22. The summed E-state index contributed by atoms with van der Waals surface area (Å²) in [5, 5.41) is 12.1. The Kier molecular flexibility index (Phi) is 3.17. The summed E-state index contributed by atoms with van der Waals surface area (Å²) in [6.07, 6.45) is 5.21. The monoisotopic (exact) mass is 254 g/mol. The molecule has 0 aliphatic heterocycles. The second kappa shape index (κ2) is 4.78. The first kappa shape index (κ1) is 12.6. The van der Waals surface area contributed by atoms with E-state index in [2.05, 4.69) is 5.92 Å². The fourth-order valence-corrected chi connectivity index (χ4v) is 2.05. The summed E-state index contributed by atoms with van der Waals surface area (Å²) in [5.74, 6) is 1.56. The smallest absolute Gasteiger partial charge is 0.298 e. The molecule has 1 unspecified atom stereocenters. The summed E-state index contributed by atoms with van der Waals surface area (Å²) in [6.45, 7) is 0. The Labute approximate surface area is 109 Å². The predicted molar refractivity (Wildman–Crippen MR) is 71.0 cm³/mol. The highest BCUT2D eigenvalue weighted by molar-refractivity contribution is 6.07. The van der Waals surface area contributed by atoms with E-state index < -0.39 is 16.9 Å². The van der Waals surface area contributed by atoms with Crippen molar-refractivity contribution in [3.8, 4) is 12.3 Å². The van der Waals surface area contributed by atoms with Gasteiger partial charge in [0.2, 0.25) is 5.91 Å². The van der Waals surface area contributed by atoms with E-state index in [1.54, 1.807) is 36.4 Å². The van der Waals surface area contributed by atoms with Crippen molar-refractivity contribution in [2.45, 2.75) is 6.04 Å². The number of benzene rings is 2. The number of nitrogens with two attached hydrogens (primary N) is 1. The molecule has 0 saturated heterocycles. The van der Waals surface area contributed by atoms with Gasteiger partial charge in [-0.25, -0.2) is 0 Å². The van der Waals surface area contributed by atoms with Gasteiger partial charge >= 0.3 is 0 Å². The first-order chi connectivity index (χ1) is 9.06. The van der Waals surface area contributed by atoms with Gasteiger partial charge in [-0.15, -0.1) is 6.42 Å². The summed E-state index contributed by atoms with van der Waals surface area (Å²) in [7, 11) is 0. The van der Waals surface area contributed by atoms with Gasteiger partial charge in [0.25, 0.3) is 6.04 Å². The first-order valence-corrected chi connectivity index (χ1v) is 5.47. The van der Waals surface area contributed by atoms with Crippen molar-refractivity contribution in [3.63, 3.8) is 0 Å². The van der Waals surface area contributed by atoms with Crippen LogP contribution in [0.15, 0.2) is 36.4 Å². The SMILES string of the molecule is C#CC(c1cccc2c(C(N)=O)cccc12)[N+](=O)[O-]. The summed E-state index contributed by atoms with van der Waals surface area (Å²) < 4.78 is 0. The lowest BCUT2D eigenvalue weighted by atomic mass is 9.96. The topological polar surface area (TPSA) is 86.2 Å². The fourth-order valence-electron chi connectivity index (χ4n) is 2.05. The molecular weight excluding hydrogens is 244 g/mol. The van der Waals surface area contributed by atoms with Crippen molar-refractivity contribution >= 4 is 16.7 Å².